The molecule has 158 valence electrons. The van der Waals surface area contributed by atoms with Crippen LogP contribution in [0, 0.1) is 5.41 Å². The highest BCUT2D eigenvalue weighted by Gasteiger charge is 2.60. The zero-order chi connectivity index (χ0) is 21.8. The van der Waals surface area contributed by atoms with Gasteiger partial charge in [-0.25, -0.2) is 4.98 Å². The van der Waals surface area contributed by atoms with Gasteiger partial charge in [-0.05, 0) is 47.7 Å². The van der Waals surface area contributed by atoms with E-state index in [1.54, 1.807) is 0 Å². The molecule has 2 aliphatic rings. The number of hydrogen-bond donors (Lipinski definition) is 0. The lowest BCUT2D eigenvalue weighted by molar-refractivity contribution is 0.117. The fourth-order valence-electron chi connectivity index (χ4n) is 6.26. The fourth-order valence-corrected chi connectivity index (χ4v) is 6.26. The number of nitrogens with zero attached hydrogens (tertiary/aromatic N) is 3. The normalized spacial score (nSPS) is 26.3. The fraction of sp³-hybridized carbons (Fsp3) is 0.321. The van der Waals surface area contributed by atoms with Crippen LogP contribution in [0.15, 0.2) is 79.5 Å². The molecule has 0 saturated carbocycles. The first-order valence-corrected chi connectivity index (χ1v) is 11.3. The third kappa shape index (κ3) is 2.43. The number of rotatable bonds is 4. The lowest BCUT2D eigenvalue weighted by Gasteiger charge is -2.58. The van der Waals surface area contributed by atoms with E-state index in [4.69, 9.17) is 4.98 Å². The topological polar surface area (TPSA) is 19.4 Å². The lowest BCUT2D eigenvalue weighted by atomic mass is 9.54. The molecule has 0 aliphatic carbocycles. The zero-order valence-corrected chi connectivity index (χ0v) is 19.0. The molecule has 3 atom stereocenters. The van der Waals surface area contributed by atoms with Gasteiger partial charge in [0, 0.05) is 29.8 Å². The summed E-state index contributed by atoms with van der Waals surface area (Å²) in [5.41, 5.74) is 6.13. The molecule has 3 unspecified atom stereocenters. The number of benzene rings is 2. The van der Waals surface area contributed by atoms with Crippen molar-refractivity contribution < 1.29 is 0 Å². The lowest BCUT2D eigenvalue weighted by Crippen LogP contribution is -2.62. The largest absolute Gasteiger partial charge is 0.350 e. The molecule has 2 aliphatic heterocycles. The maximum atomic E-state index is 4.85. The molecule has 31 heavy (non-hydrogen) atoms. The average molecular weight is 410 g/mol. The van der Waals surface area contributed by atoms with Gasteiger partial charge in [-0.1, -0.05) is 69.3 Å². The van der Waals surface area contributed by atoms with Crippen molar-refractivity contribution in [3.05, 3.63) is 85.1 Å². The molecule has 3 heteroatoms. The number of anilines is 3. The van der Waals surface area contributed by atoms with Gasteiger partial charge in [0.2, 0.25) is 0 Å². The van der Waals surface area contributed by atoms with Gasteiger partial charge in [0.1, 0.15) is 6.17 Å². The summed E-state index contributed by atoms with van der Waals surface area (Å²) in [4.78, 5) is 9.77. The Morgan fingerprint density at radius 2 is 1.74 bits per heavy atom. The van der Waals surface area contributed by atoms with E-state index in [1.807, 2.05) is 12.3 Å². The Bertz CT molecular complexity index is 1140. The highest BCUT2D eigenvalue weighted by Crippen LogP contribution is 2.63. The molecular formula is C28H31N3. The van der Waals surface area contributed by atoms with Crippen LogP contribution in [0.5, 0.6) is 0 Å². The van der Waals surface area contributed by atoms with E-state index in [-0.39, 0.29) is 17.0 Å². The Morgan fingerprint density at radius 1 is 0.968 bits per heavy atom. The molecule has 0 radical (unpaired) electrons. The summed E-state index contributed by atoms with van der Waals surface area (Å²) in [6, 6.07) is 21.8. The first-order valence-electron chi connectivity index (χ1n) is 11.3. The molecule has 0 N–H and O–H groups in total. The van der Waals surface area contributed by atoms with Crippen LogP contribution in [0.25, 0.3) is 11.1 Å². The second-order valence-corrected chi connectivity index (χ2v) is 9.10. The zero-order valence-electron chi connectivity index (χ0n) is 19.0. The quantitative estimate of drug-likeness (QED) is 0.436. The van der Waals surface area contributed by atoms with E-state index >= 15 is 0 Å². The number of fused-ring (bicyclic) bond motifs is 5. The van der Waals surface area contributed by atoms with Gasteiger partial charge in [0.05, 0.1) is 5.69 Å². The smallest absolute Gasteiger partial charge is 0.158 e. The molecule has 0 saturated heterocycles. The van der Waals surface area contributed by atoms with E-state index in [1.165, 1.54) is 28.1 Å². The van der Waals surface area contributed by atoms with Crippen LogP contribution >= 0.6 is 0 Å². The minimum atomic E-state index is -0.121. The van der Waals surface area contributed by atoms with Crippen LogP contribution in [0.1, 0.15) is 39.2 Å². The molecule has 3 aromatic rings. The molecule has 1 aromatic heterocycles. The van der Waals surface area contributed by atoms with Crippen LogP contribution in [0.4, 0.5) is 17.2 Å². The molecule has 0 bridgehead atoms. The van der Waals surface area contributed by atoms with E-state index in [0.717, 1.165) is 18.7 Å². The van der Waals surface area contributed by atoms with E-state index < -0.39 is 0 Å². The van der Waals surface area contributed by atoms with Crippen LogP contribution < -0.4 is 9.80 Å². The maximum Gasteiger partial charge on any atom is 0.158 e. The van der Waals surface area contributed by atoms with Crippen LogP contribution in [0.2, 0.25) is 0 Å². The predicted octanol–water partition coefficient (Wildman–Crippen LogP) is 6.93. The molecular weight excluding hydrogens is 378 g/mol. The third-order valence-corrected chi connectivity index (χ3v) is 8.06. The van der Waals surface area contributed by atoms with E-state index in [9.17, 15) is 0 Å². The van der Waals surface area contributed by atoms with Crippen molar-refractivity contribution in [2.24, 2.45) is 5.41 Å². The van der Waals surface area contributed by atoms with Gasteiger partial charge >= 0.3 is 0 Å². The van der Waals surface area contributed by atoms with Gasteiger partial charge in [-0.3, -0.25) is 0 Å². The summed E-state index contributed by atoms with van der Waals surface area (Å²) in [6.45, 7) is 11.4. The molecule has 5 rings (SSSR count). The van der Waals surface area contributed by atoms with Crippen LogP contribution in [-0.2, 0) is 5.41 Å². The highest BCUT2D eigenvalue weighted by molar-refractivity contribution is 5.86. The maximum absolute atomic E-state index is 4.85. The van der Waals surface area contributed by atoms with E-state index in [2.05, 4.69) is 105 Å². The monoisotopic (exact) mass is 409 g/mol. The Balaban J connectivity index is 1.84. The summed E-state index contributed by atoms with van der Waals surface area (Å²) in [6.07, 6.45) is 6.37. The summed E-state index contributed by atoms with van der Waals surface area (Å²) < 4.78 is 0. The first kappa shape index (κ1) is 19.9. The minimum absolute atomic E-state index is 0.0276. The Morgan fingerprint density at radius 3 is 2.42 bits per heavy atom. The van der Waals surface area contributed by atoms with Crippen molar-refractivity contribution in [3.8, 4) is 11.1 Å². The van der Waals surface area contributed by atoms with Gasteiger partial charge in [-0.2, -0.15) is 0 Å². The second kappa shape index (κ2) is 6.98. The number of hydrogen-bond acceptors (Lipinski definition) is 3. The molecule has 2 aromatic carbocycles. The SMILES string of the molecule is C=CC1(CC)c2ccc(-c3ccccc3)cc2N2c3ncccc3N(C)C2C1(C)CC. The second-order valence-electron chi connectivity index (χ2n) is 9.10. The van der Waals surface area contributed by atoms with Crippen molar-refractivity contribution >= 4 is 17.2 Å². The summed E-state index contributed by atoms with van der Waals surface area (Å²) in [5, 5.41) is 0. The first-order chi connectivity index (χ1) is 15.0. The van der Waals surface area contributed by atoms with Crippen LogP contribution in [0.3, 0.4) is 0 Å². The van der Waals surface area contributed by atoms with Crippen molar-refractivity contribution in [1.82, 2.24) is 4.98 Å². The van der Waals surface area contributed by atoms with Crippen molar-refractivity contribution in [3.63, 3.8) is 0 Å². The average Bonchev–Trinajstić information content (AvgIpc) is 3.13. The third-order valence-electron chi connectivity index (χ3n) is 8.06. The van der Waals surface area contributed by atoms with Crippen molar-refractivity contribution in [1.29, 1.82) is 0 Å². The van der Waals surface area contributed by atoms with Crippen LogP contribution in [-0.4, -0.2) is 18.2 Å². The molecule has 0 fully saturated rings. The summed E-state index contributed by atoms with van der Waals surface area (Å²) in [5.74, 6) is 1.05. The number of allylic oxidation sites excluding steroid dienone is 1. The van der Waals surface area contributed by atoms with Gasteiger partial charge in [0.15, 0.2) is 5.82 Å². The van der Waals surface area contributed by atoms with E-state index in [0.29, 0.717) is 0 Å². The van der Waals surface area contributed by atoms with Crippen molar-refractivity contribution in [2.75, 3.05) is 16.8 Å². The Hall–Kier alpha value is -3.07. The summed E-state index contributed by atoms with van der Waals surface area (Å²) in [7, 11) is 2.22. The molecule has 3 heterocycles. The highest BCUT2D eigenvalue weighted by atomic mass is 15.5. The summed E-state index contributed by atoms with van der Waals surface area (Å²) >= 11 is 0. The predicted molar refractivity (Wildman–Crippen MR) is 131 cm³/mol. The number of pyridine rings is 1. The van der Waals surface area contributed by atoms with Crippen molar-refractivity contribution in [2.45, 2.75) is 45.2 Å². The standard InChI is InChI=1S/C28H31N3/c1-6-27(4)26-30(5)23-15-12-18-29-25(23)31(26)24-19-21(20-13-10-9-11-14-20)16-17-22(24)28(27,7-2)8-3/h7,9-19,26H,2,6,8H2,1,3-5H3. The molecule has 0 spiro atoms. The van der Waals surface area contributed by atoms with Gasteiger partial charge < -0.3 is 9.80 Å². The molecule has 0 amide bonds. The number of aromatic nitrogens is 1. The van der Waals surface area contributed by atoms with Gasteiger partial charge in [-0.15, -0.1) is 6.58 Å². The molecule has 3 nitrogen and oxygen atoms in total. The Kier molecular flexibility index (Phi) is 4.47. The Labute approximate surface area is 186 Å². The van der Waals surface area contributed by atoms with Gasteiger partial charge in [0.25, 0.3) is 0 Å². The minimum Gasteiger partial charge on any atom is -0.350 e.